The van der Waals surface area contributed by atoms with Crippen LogP contribution in [0, 0.1) is 48.2 Å². The van der Waals surface area contributed by atoms with Crippen molar-refractivity contribution in [3.05, 3.63) is 76.0 Å². The number of anilines is 2. The smallest absolute Gasteiger partial charge is 0.218 e. The quantitative estimate of drug-likeness (QED) is 0.509. The molecule has 0 fully saturated rings. The van der Waals surface area contributed by atoms with E-state index in [1.165, 1.54) is 50.2 Å². The molecule has 2 aromatic rings. The Kier molecular flexibility index (Phi) is 5.92. The van der Waals surface area contributed by atoms with Crippen LogP contribution in [0.25, 0.3) is 0 Å². The number of benzene rings is 2. The molecule has 0 spiro atoms. The van der Waals surface area contributed by atoms with E-state index >= 15 is 0 Å². The first-order chi connectivity index (χ1) is 13.1. The second-order valence-corrected chi connectivity index (χ2v) is 11.2. The molecule has 28 heavy (non-hydrogen) atoms. The lowest BCUT2D eigenvalue weighted by atomic mass is 10.0. The fourth-order valence-corrected chi connectivity index (χ4v) is 5.52. The summed E-state index contributed by atoms with van der Waals surface area (Å²) in [5.74, 6) is 0. The van der Waals surface area contributed by atoms with Gasteiger partial charge >= 0.3 is 0 Å². The molecule has 1 heterocycles. The van der Waals surface area contributed by atoms with Gasteiger partial charge in [-0.2, -0.15) is 0 Å². The Labute approximate surface area is 173 Å². The molecule has 0 saturated heterocycles. The van der Waals surface area contributed by atoms with Gasteiger partial charge in [0.05, 0.1) is 5.44 Å². The first-order valence-electron chi connectivity index (χ1n) is 10.1. The van der Waals surface area contributed by atoms with E-state index in [-0.39, 0.29) is 7.92 Å². The zero-order chi connectivity index (χ0) is 20.7. The number of nitrogens with zero attached hydrogens (tertiary/aromatic N) is 2. The molecule has 0 amide bonds. The Balaban J connectivity index is 2.12. The van der Waals surface area contributed by atoms with E-state index in [9.17, 15) is 0 Å². The lowest BCUT2D eigenvalue weighted by Gasteiger charge is -2.30. The van der Waals surface area contributed by atoms with Crippen molar-refractivity contribution in [3.63, 3.8) is 0 Å². The maximum atomic E-state index is 3.70. The zero-order valence-electron chi connectivity index (χ0n) is 18.8. The van der Waals surface area contributed by atoms with Gasteiger partial charge in [-0.05, 0) is 76.1 Å². The molecular weight excluding hydrogens is 359 g/mol. The summed E-state index contributed by atoms with van der Waals surface area (Å²) >= 11 is 0. The molecule has 3 rings (SSSR count). The minimum absolute atomic E-state index is 0.296. The van der Waals surface area contributed by atoms with E-state index in [1.54, 1.807) is 0 Å². The van der Waals surface area contributed by atoms with Crippen molar-refractivity contribution in [1.29, 1.82) is 0 Å². The lowest BCUT2D eigenvalue weighted by Crippen LogP contribution is -2.23. The van der Waals surface area contributed by atoms with Crippen molar-refractivity contribution >= 4 is 19.3 Å². The van der Waals surface area contributed by atoms with Gasteiger partial charge in [-0.15, -0.1) is 0 Å². The Bertz CT molecular complexity index is 880. The Hall–Kier alpha value is -1.79. The predicted octanol–water partition coefficient (Wildman–Crippen LogP) is 7.18. The second kappa shape index (κ2) is 7.91. The number of rotatable bonds is 4. The van der Waals surface area contributed by atoms with Gasteiger partial charge in [0.25, 0.3) is 0 Å². The summed E-state index contributed by atoms with van der Waals surface area (Å²) in [4.78, 5) is 4.55. The number of aryl methyl sites for hydroxylation is 6. The minimum Gasteiger partial charge on any atom is -0.314 e. The van der Waals surface area contributed by atoms with Crippen LogP contribution in [0.3, 0.4) is 0 Å². The second-order valence-electron chi connectivity index (χ2n) is 8.49. The van der Waals surface area contributed by atoms with Gasteiger partial charge in [0.2, 0.25) is 6.67 Å². The highest BCUT2D eigenvalue weighted by Crippen LogP contribution is 2.53. The third kappa shape index (κ3) is 3.85. The van der Waals surface area contributed by atoms with Gasteiger partial charge in [-0.3, -0.25) is 0 Å². The molecule has 1 unspecified atom stereocenters. The predicted molar refractivity (Wildman–Crippen MR) is 126 cm³/mol. The Morgan fingerprint density at radius 2 is 1.18 bits per heavy atom. The van der Waals surface area contributed by atoms with Crippen LogP contribution >= 0.6 is 7.92 Å². The van der Waals surface area contributed by atoms with Crippen molar-refractivity contribution < 1.29 is 0 Å². The summed E-state index contributed by atoms with van der Waals surface area (Å²) < 4.78 is 0. The molecule has 0 N–H and O–H groups in total. The molecule has 1 aliphatic heterocycles. The van der Waals surface area contributed by atoms with Gasteiger partial charge in [0, 0.05) is 17.6 Å². The molecule has 3 heteroatoms. The maximum absolute atomic E-state index is 3.70. The fourth-order valence-electron chi connectivity index (χ4n) is 4.23. The van der Waals surface area contributed by atoms with Crippen LogP contribution in [-0.2, 0) is 0 Å². The monoisotopic (exact) mass is 392 g/mol. The molecule has 0 saturated carbocycles. The molecule has 0 aliphatic carbocycles. The van der Waals surface area contributed by atoms with E-state index in [1.807, 2.05) is 0 Å². The molecule has 148 valence electrons. The van der Waals surface area contributed by atoms with Crippen molar-refractivity contribution in [3.8, 4) is 0 Å². The van der Waals surface area contributed by atoms with Crippen LogP contribution in [0.4, 0.5) is 11.4 Å². The molecule has 2 aromatic carbocycles. The highest BCUT2D eigenvalue weighted by Gasteiger charge is 2.32. The van der Waals surface area contributed by atoms with E-state index < -0.39 is 0 Å². The SMILES string of the molecule is Cc1cc(C)c(N2[C]N(c3c(C)cc(C)cc3C)C(P(C)C(C)C)=C2)c(C)c1. The molecule has 0 bridgehead atoms. The topological polar surface area (TPSA) is 6.48 Å². The van der Waals surface area contributed by atoms with Gasteiger partial charge in [-0.1, -0.05) is 57.2 Å². The van der Waals surface area contributed by atoms with Gasteiger partial charge in [0.15, 0.2) is 0 Å². The van der Waals surface area contributed by atoms with E-state index in [2.05, 4.69) is 109 Å². The average molecular weight is 393 g/mol. The summed E-state index contributed by atoms with van der Waals surface area (Å²) in [6.07, 6.45) is 2.31. The first-order valence-corrected chi connectivity index (χ1v) is 11.9. The fraction of sp³-hybridized carbons (Fsp3) is 0.400. The third-order valence-corrected chi connectivity index (χ3v) is 8.14. The summed E-state index contributed by atoms with van der Waals surface area (Å²) in [6, 6.07) is 9.08. The van der Waals surface area contributed by atoms with Gasteiger partial charge in [-0.25, -0.2) is 0 Å². The van der Waals surface area contributed by atoms with E-state index in [0.29, 0.717) is 5.66 Å². The van der Waals surface area contributed by atoms with Crippen molar-refractivity contribution in [2.45, 2.75) is 61.0 Å². The van der Waals surface area contributed by atoms with Gasteiger partial charge < -0.3 is 9.80 Å². The molecule has 1 aliphatic rings. The molecule has 2 nitrogen and oxygen atoms in total. The Morgan fingerprint density at radius 3 is 1.61 bits per heavy atom. The first kappa shape index (κ1) is 20.9. The van der Waals surface area contributed by atoms with Crippen LogP contribution < -0.4 is 9.80 Å². The lowest BCUT2D eigenvalue weighted by molar-refractivity contribution is 1.05. The normalized spacial score (nSPS) is 15.4. The van der Waals surface area contributed by atoms with Crippen LogP contribution in [-0.4, -0.2) is 12.3 Å². The Morgan fingerprint density at radius 1 is 0.750 bits per heavy atom. The molecule has 0 aromatic heterocycles. The van der Waals surface area contributed by atoms with Crippen LogP contribution in [0.15, 0.2) is 35.9 Å². The highest BCUT2D eigenvalue weighted by molar-refractivity contribution is 7.62. The summed E-state index contributed by atoms with van der Waals surface area (Å²) in [7, 11) is -0.296. The summed E-state index contributed by atoms with van der Waals surface area (Å²) in [5, 5.41) is 0. The maximum Gasteiger partial charge on any atom is 0.218 e. The van der Waals surface area contributed by atoms with Crippen LogP contribution in [0.2, 0.25) is 0 Å². The molecular formula is C25H33N2P. The highest BCUT2D eigenvalue weighted by atomic mass is 31.1. The molecule has 1 atom stereocenters. The van der Waals surface area contributed by atoms with Crippen LogP contribution in [0.5, 0.6) is 0 Å². The van der Waals surface area contributed by atoms with Crippen molar-refractivity contribution in [1.82, 2.24) is 0 Å². The largest absolute Gasteiger partial charge is 0.314 e. The van der Waals surface area contributed by atoms with E-state index in [0.717, 1.165) is 0 Å². The summed E-state index contributed by atoms with van der Waals surface area (Å²) in [6.45, 7) is 23.9. The van der Waals surface area contributed by atoms with Crippen molar-refractivity contribution in [2.75, 3.05) is 16.5 Å². The number of hydrogen-bond donors (Lipinski definition) is 0. The van der Waals surface area contributed by atoms with Crippen LogP contribution in [0.1, 0.15) is 47.2 Å². The minimum atomic E-state index is -0.296. The summed E-state index contributed by atoms with van der Waals surface area (Å²) in [5.41, 5.74) is 12.4. The van der Waals surface area contributed by atoms with E-state index in [4.69, 9.17) is 0 Å². The van der Waals surface area contributed by atoms with Gasteiger partial charge in [0.1, 0.15) is 0 Å². The molecule has 2 radical (unpaired) electrons. The van der Waals surface area contributed by atoms with Crippen molar-refractivity contribution in [2.24, 2.45) is 0 Å². The third-order valence-electron chi connectivity index (χ3n) is 5.55. The zero-order valence-corrected chi connectivity index (χ0v) is 19.7. The average Bonchev–Trinajstić information content (AvgIpc) is 2.96. The standard InChI is InChI=1S/C25H33N2P/c1-16(2)28(9)23-14-26(24-19(5)10-17(3)11-20(24)6)15-27(23)25-21(7)12-18(4)13-22(25)8/h10-14,16H,1-9H3. The number of hydrogen-bond acceptors (Lipinski definition) is 2.